The molecule has 0 heterocycles. The van der Waals surface area contributed by atoms with Gasteiger partial charge in [-0.15, -0.1) is 0 Å². The predicted octanol–water partition coefficient (Wildman–Crippen LogP) is 3.78. The van der Waals surface area contributed by atoms with Gasteiger partial charge < -0.3 is 0 Å². The van der Waals surface area contributed by atoms with E-state index in [2.05, 4.69) is 26.0 Å². The molecule has 6 heteroatoms. The van der Waals surface area contributed by atoms with Crippen LogP contribution < -0.4 is 0 Å². The van der Waals surface area contributed by atoms with Crippen LogP contribution in [0, 0.1) is 11.3 Å². The second-order valence-corrected chi connectivity index (χ2v) is 3.62. The molecule has 1 aromatic rings. The van der Waals surface area contributed by atoms with Gasteiger partial charge in [-0.2, -0.15) is 5.26 Å². The van der Waals surface area contributed by atoms with Crippen LogP contribution >= 0.6 is 27.5 Å². The Bertz CT molecular complexity index is 445. The average molecular weight is 272 g/mol. The molecule has 4 nitrogen and oxygen atoms in total. The van der Waals surface area contributed by atoms with Crippen LogP contribution in [0.2, 0.25) is 5.02 Å². The van der Waals surface area contributed by atoms with E-state index < -0.39 is 0 Å². The Morgan fingerprint density at radius 1 is 1.64 bits per heavy atom. The highest BCUT2D eigenvalue weighted by Crippen LogP contribution is 2.29. The molecule has 0 amide bonds. The van der Waals surface area contributed by atoms with Gasteiger partial charge in [0.2, 0.25) is 0 Å². The zero-order valence-electron chi connectivity index (χ0n) is 6.91. The monoisotopic (exact) mass is 270 g/mol. The molecule has 0 unspecified atom stereocenters. The quantitative estimate of drug-likeness (QED) is 0.458. The van der Waals surface area contributed by atoms with Gasteiger partial charge in [0.15, 0.2) is 0 Å². The van der Waals surface area contributed by atoms with E-state index in [1.807, 2.05) is 6.07 Å². The van der Waals surface area contributed by atoms with Gasteiger partial charge in [0.05, 0.1) is 23.2 Å². The van der Waals surface area contributed by atoms with Crippen molar-refractivity contribution in [2.24, 2.45) is 5.11 Å². The van der Waals surface area contributed by atoms with Gasteiger partial charge in [-0.1, -0.05) is 16.7 Å². The van der Waals surface area contributed by atoms with Gasteiger partial charge in [0.1, 0.15) is 0 Å². The van der Waals surface area contributed by atoms with E-state index in [0.29, 0.717) is 20.6 Å². The van der Waals surface area contributed by atoms with E-state index in [1.165, 1.54) is 0 Å². The fourth-order valence-corrected chi connectivity index (χ4v) is 1.55. The van der Waals surface area contributed by atoms with Crippen molar-refractivity contribution < 1.29 is 0 Å². The summed E-state index contributed by atoms with van der Waals surface area (Å²) in [5, 5.41) is 12.6. The van der Waals surface area contributed by atoms with Crippen LogP contribution in [0.4, 0.5) is 0 Å². The Kier molecular flexibility index (Phi) is 3.78. The standard InChI is InChI=1S/C8H4BrClN4/c9-7-2-1-5(3-11)6(8(7)10)4-13-14-12/h1-2H,4H2. The molecule has 0 aromatic heterocycles. The van der Waals surface area contributed by atoms with Crippen molar-refractivity contribution in [1.82, 2.24) is 0 Å². The summed E-state index contributed by atoms with van der Waals surface area (Å²) in [6.45, 7) is 0.0810. The van der Waals surface area contributed by atoms with E-state index in [9.17, 15) is 0 Å². The van der Waals surface area contributed by atoms with Crippen LogP contribution in [0.15, 0.2) is 21.7 Å². The molecule has 0 bridgehead atoms. The molecule has 0 aliphatic heterocycles. The van der Waals surface area contributed by atoms with Crippen LogP contribution in [0.5, 0.6) is 0 Å². The van der Waals surface area contributed by atoms with Crippen LogP contribution in [-0.2, 0) is 6.54 Å². The lowest BCUT2D eigenvalue weighted by atomic mass is 10.1. The zero-order valence-corrected chi connectivity index (χ0v) is 9.25. The topological polar surface area (TPSA) is 72.5 Å². The van der Waals surface area contributed by atoms with Gasteiger partial charge in [-0.25, -0.2) is 0 Å². The lowest BCUT2D eigenvalue weighted by Crippen LogP contribution is -1.90. The zero-order chi connectivity index (χ0) is 10.6. The first-order valence-electron chi connectivity index (χ1n) is 3.58. The Hall–Kier alpha value is -1.21. The molecule has 1 rings (SSSR count). The van der Waals surface area contributed by atoms with Crippen LogP contribution in [-0.4, -0.2) is 0 Å². The third-order valence-corrected chi connectivity index (χ3v) is 2.93. The van der Waals surface area contributed by atoms with E-state index in [4.69, 9.17) is 22.4 Å². The van der Waals surface area contributed by atoms with E-state index in [1.54, 1.807) is 12.1 Å². The van der Waals surface area contributed by atoms with Gasteiger partial charge >= 0.3 is 0 Å². The maximum Gasteiger partial charge on any atom is 0.0995 e. The maximum atomic E-state index is 8.77. The minimum atomic E-state index is 0.0810. The molecular formula is C8H4BrClN4. The molecule has 14 heavy (non-hydrogen) atoms. The first kappa shape index (κ1) is 10.9. The second-order valence-electron chi connectivity index (χ2n) is 2.39. The van der Waals surface area contributed by atoms with Crippen LogP contribution in [0.3, 0.4) is 0 Å². The molecule has 0 radical (unpaired) electrons. The lowest BCUT2D eigenvalue weighted by molar-refractivity contribution is 1.04. The number of halogens is 2. The Balaban J connectivity index is 3.29. The SMILES string of the molecule is N#Cc1ccc(Br)c(Cl)c1CN=[N+]=[N-]. The fourth-order valence-electron chi connectivity index (χ4n) is 0.954. The highest BCUT2D eigenvalue weighted by atomic mass is 79.9. The van der Waals surface area contributed by atoms with Crippen LogP contribution in [0.25, 0.3) is 10.4 Å². The molecule has 0 fully saturated rings. The summed E-state index contributed by atoms with van der Waals surface area (Å²) in [5.41, 5.74) is 9.14. The molecule has 0 spiro atoms. The number of hydrogen-bond acceptors (Lipinski definition) is 2. The van der Waals surface area contributed by atoms with Gasteiger partial charge in [-0.05, 0) is 39.2 Å². The third-order valence-electron chi connectivity index (χ3n) is 1.61. The highest BCUT2D eigenvalue weighted by molar-refractivity contribution is 9.10. The summed E-state index contributed by atoms with van der Waals surface area (Å²) >= 11 is 9.16. The summed E-state index contributed by atoms with van der Waals surface area (Å²) in [4.78, 5) is 2.62. The fraction of sp³-hybridized carbons (Fsp3) is 0.125. The molecule has 0 N–H and O–H groups in total. The number of benzene rings is 1. The Morgan fingerprint density at radius 2 is 2.36 bits per heavy atom. The van der Waals surface area contributed by atoms with Gasteiger partial charge in [0.25, 0.3) is 0 Å². The maximum absolute atomic E-state index is 8.77. The van der Waals surface area contributed by atoms with Crippen molar-refractivity contribution in [3.63, 3.8) is 0 Å². The summed E-state index contributed by atoms with van der Waals surface area (Å²) in [6, 6.07) is 5.29. The van der Waals surface area contributed by atoms with E-state index in [0.717, 1.165) is 0 Å². The average Bonchev–Trinajstić information content (AvgIpc) is 2.20. The number of nitriles is 1. The number of nitrogens with zero attached hydrogens (tertiary/aromatic N) is 4. The lowest BCUT2D eigenvalue weighted by Gasteiger charge is -2.04. The molecular weight excluding hydrogens is 267 g/mol. The van der Waals surface area contributed by atoms with Crippen molar-refractivity contribution in [3.05, 3.63) is 43.2 Å². The van der Waals surface area contributed by atoms with Crippen LogP contribution in [0.1, 0.15) is 11.1 Å². The van der Waals surface area contributed by atoms with Crippen molar-refractivity contribution >= 4 is 27.5 Å². The normalized spacial score (nSPS) is 8.93. The third kappa shape index (κ3) is 2.18. The summed E-state index contributed by atoms with van der Waals surface area (Å²) in [5.74, 6) is 0. The van der Waals surface area contributed by atoms with Gasteiger partial charge in [-0.3, -0.25) is 0 Å². The summed E-state index contributed by atoms with van der Waals surface area (Å²) in [6.07, 6.45) is 0. The summed E-state index contributed by atoms with van der Waals surface area (Å²) < 4.78 is 0.682. The minimum absolute atomic E-state index is 0.0810. The molecule has 0 aliphatic rings. The minimum Gasteiger partial charge on any atom is -0.192 e. The molecule has 1 aromatic carbocycles. The number of azide groups is 1. The predicted molar refractivity (Wildman–Crippen MR) is 56.7 cm³/mol. The summed E-state index contributed by atoms with van der Waals surface area (Å²) in [7, 11) is 0. The van der Waals surface area contributed by atoms with Crippen molar-refractivity contribution in [2.75, 3.05) is 0 Å². The molecule has 0 saturated heterocycles. The van der Waals surface area contributed by atoms with E-state index >= 15 is 0 Å². The Labute approximate surface area is 93.9 Å². The second kappa shape index (κ2) is 4.87. The first-order valence-corrected chi connectivity index (χ1v) is 4.75. The Morgan fingerprint density at radius 3 is 2.93 bits per heavy atom. The molecule has 0 atom stereocenters. The molecule has 0 saturated carbocycles. The number of hydrogen-bond donors (Lipinski definition) is 0. The molecule has 0 aliphatic carbocycles. The first-order chi connectivity index (χ1) is 6.70. The van der Waals surface area contributed by atoms with Crippen molar-refractivity contribution in [1.29, 1.82) is 5.26 Å². The molecule has 70 valence electrons. The highest BCUT2D eigenvalue weighted by Gasteiger charge is 2.08. The largest absolute Gasteiger partial charge is 0.192 e. The van der Waals surface area contributed by atoms with E-state index in [-0.39, 0.29) is 6.54 Å². The smallest absolute Gasteiger partial charge is 0.0995 e. The van der Waals surface area contributed by atoms with Crippen molar-refractivity contribution in [2.45, 2.75) is 6.54 Å². The van der Waals surface area contributed by atoms with Crippen molar-refractivity contribution in [3.8, 4) is 6.07 Å². The van der Waals surface area contributed by atoms with Gasteiger partial charge in [0, 0.05) is 9.38 Å². The number of rotatable bonds is 2.